The lowest BCUT2D eigenvalue weighted by Crippen LogP contribution is -3.08. The highest BCUT2D eigenvalue weighted by Gasteiger charge is 2.19. The second-order valence-electron chi connectivity index (χ2n) is 3.23. The molecule has 0 aliphatic heterocycles. The molecule has 0 saturated heterocycles. The zero-order valence-electron chi connectivity index (χ0n) is 9.05. The first-order valence-corrected chi connectivity index (χ1v) is 4.37. The summed E-state index contributed by atoms with van der Waals surface area (Å²) >= 11 is 0. The average molecular weight is 223 g/mol. The van der Waals surface area contributed by atoms with Gasteiger partial charge in [0, 0.05) is 13.0 Å². The van der Waals surface area contributed by atoms with Crippen molar-refractivity contribution in [1.82, 2.24) is 4.90 Å². The third kappa shape index (κ3) is 9.51. The normalized spacial score (nSPS) is 11.7. The number of hydrogen-bond acceptors (Lipinski definition) is 3. The van der Waals surface area contributed by atoms with E-state index in [0.29, 0.717) is 0 Å². The molecule has 1 N–H and O–H groups in total. The first-order valence-electron chi connectivity index (χ1n) is 4.37. The summed E-state index contributed by atoms with van der Waals surface area (Å²) in [5.74, 6) is -0.373. The van der Waals surface area contributed by atoms with Crippen LogP contribution in [-0.4, -0.2) is 45.1 Å². The smallest absolute Gasteiger partial charge is 0.662 e. The van der Waals surface area contributed by atoms with Gasteiger partial charge in [0.1, 0.15) is 13.6 Å². The Morgan fingerprint density at radius 1 is 1.57 bits per heavy atom. The molecule has 0 bridgehead atoms. The first-order chi connectivity index (χ1) is 6.06. The molecule has 0 aromatic carbocycles. The molecule has 0 spiro atoms. The molecule has 1 atom stereocenters. The zero-order valence-corrected chi connectivity index (χ0v) is 9.80. The number of nitrogens with zero attached hydrogens (tertiary/aromatic N) is 1. The molecular formula is C9H19ClN2O2+. The van der Waals surface area contributed by atoms with E-state index in [1.54, 1.807) is 0 Å². The van der Waals surface area contributed by atoms with Crippen molar-refractivity contribution in [3.63, 3.8) is 0 Å². The monoisotopic (exact) mass is 222 g/mol. The number of carbonyl (C=O) groups is 1. The number of nitrogens with one attached hydrogen (secondary N) is 1. The third-order valence-corrected chi connectivity index (χ3v) is 1.58. The van der Waals surface area contributed by atoms with Gasteiger partial charge in [-0.2, -0.15) is 0 Å². The van der Waals surface area contributed by atoms with E-state index in [2.05, 4.69) is 11.5 Å². The maximum absolute atomic E-state index is 10.7. The van der Waals surface area contributed by atoms with Crippen LogP contribution in [0.1, 0.15) is 6.42 Å². The Bertz CT molecular complexity index is 174. The van der Waals surface area contributed by atoms with Crippen LogP contribution in [0.3, 0.4) is 0 Å². The van der Waals surface area contributed by atoms with Crippen molar-refractivity contribution in [1.29, 1.82) is 0 Å². The van der Waals surface area contributed by atoms with E-state index in [9.17, 15) is 4.79 Å². The SMILES string of the molecule is C=CC(=[O+])O[NH+](C)CCCN(C)C.[Cl-]. The molecule has 0 aliphatic carbocycles. The summed E-state index contributed by atoms with van der Waals surface area (Å²) < 4.78 is 0. The van der Waals surface area contributed by atoms with Gasteiger partial charge in [-0.15, -0.1) is 0 Å². The van der Waals surface area contributed by atoms with Crippen LogP contribution in [0.25, 0.3) is 0 Å². The Morgan fingerprint density at radius 2 is 2.14 bits per heavy atom. The molecule has 1 radical (unpaired) electrons. The minimum absolute atomic E-state index is 0. The van der Waals surface area contributed by atoms with E-state index < -0.39 is 0 Å². The predicted octanol–water partition coefficient (Wildman–Crippen LogP) is -3.90. The Hall–Kier alpha value is -0.580. The zero-order chi connectivity index (χ0) is 10.3. The van der Waals surface area contributed by atoms with Gasteiger partial charge in [0.15, 0.2) is 0 Å². The molecular weight excluding hydrogens is 204 g/mol. The van der Waals surface area contributed by atoms with Gasteiger partial charge in [0.2, 0.25) is 0 Å². The Balaban J connectivity index is 0. The third-order valence-electron chi connectivity index (χ3n) is 1.58. The van der Waals surface area contributed by atoms with E-state index in [-0.39, 0.29) is 18.4 Å². The van der Waals surface area contributed by atoms with Crippen molar-refractivity contribution in [2.75, 3.05) is 34.2 Å². The van der Waals surface area contributed by atoms with Crippen LogP contribution >= 0.6 is 0 Å². The molecule has 14 heavy (non-hydrogen) atoms. The van der Waals surface area contributed by atoms with E-state index in [4.69, 9.17) is 4.84 Å². The highest BCUT2D eigenvalue weighted by Crippen LogP contribution is 1.78. The molecule has 0 rings (SSSR count). The molecule has 1 unspecified atom stereocenters. The van der Waals surface area contributed by atoms with Gasteiger partial charge in [0.05, 0.1) is 10.9 Å². The number of quaternary nitrogens is 1. The molecule has 0 amide bonds. The van der Waals surface area contributed by atoms with Crippen molar-refractivity contribution in [3.05, 3.63) is 12.7 Å². The van der Waals surface area contributed by atoms with Gasteiger partial charge < -0.3 is 17.3 Å². The van der Waals surface area contributed by atoms with Crippen LogP contribution in [0.5, 0.6) is 0 Å². The summed E-state index contributed by atoms with van der Waals surface area (Å²) in [6.07, 6.45) is 2.18. The van der Waals surface area contributed by atoms with Gasteiger partial charge in [-0.05, 0) is 14.1 Å². The number of hydroxylamine groups is 2. The van der Waals surface area contributed by atoms with Crippen LogP contribution in [0, 0.1) is 0 Å². The van der Waals surface area contributed by atoms with Gasteiger partial charge in [-0.3, -0.25) is 0 Å². The fourth-order valence-electron chi connectivity index (χ4n) is 0.909. The van der Waals surface area contributed by atoms with Crippen molar-refractivity contribution < 1.29 is 27.1 Å². The topological polar surface area (TPSA) is 36.8 Å². The number of hydrogen-bond donors (Lipinski definition) is 1. The molecule has 0 aromatic heterocycles. The quantitative estimate of drug-likeness (QED) is 0.284. The fourth-order valence-corrected chi connectivity index (χ4v) is 0.909. The van der Waals surface area contributed by atoms with Crippen LogP contribution in [-0.2, 0) is 9.63 Å². The summed E-state index contributed by atoms with van der Waals surface area (Å²) in [6.45, 7) is 5.15. The second-order valence-corrected chi connectivity index (χ2v) is 3.23. The van der Waals surface area contributed by atoms with Crippen molar-refractivity contribution in [3.8, 4) is 0 Å². The Morgan fingerprint density at radius 3 is 2.57 bits per heavy atom. The molecule has 0 aromatic rings. The average Bonchev–Trinajstić information content (AvgIpc) is 2.03. The largest absolute Gasteiger partial charge is 1.00 e. The summed E-state index contributed by atoms with van der Waals surface area (Å²) in [6, 6.07) is 0. The number of rotatable bonds is 6. The van der Waals surface area contributed by atoms with Crippen molar-refractivity contribution in [2.45, 2.75) is 6.42 Å². The minimum atomic E-state index is -0.373. The standard InChI is InChI=1S/C9H18N2O2.ClH/c1-5-9(12)13-11(4)8-6-7-10(2)3;/h5H,1,6-8H2,2-4H3;1H/q+1;. The van der Waals surface area contributed by atoms with Gasteiger partial charge in [0.25, 0.3) is 0 Å². The molecule has 0 aliphatic rings. The summed E-state index contributed by atoms with van der Waals surface area (Å²) in [4.78, 5) is 17.8. The number of halogens is 1. The Kier molecular flexibility index (Phi) is 10.2. The highest BCUT2D eigenvalue weighted by molar-refractivity contribution is 5.80. The van der Waals surface area contributed by atoms with E-state index in [1.165, 1.54) is 6.08 Å². The molecule has 0 heterocycles. The summed E-state index contributed by atoms with van der Waals surface area (Å²) in [5.41, 5.74) is 0. The highest BCUT2D eigenvalue weighted by atomic mass is 35.5. The summed E-state index contributed by atoms with van der Waals surface area (Å²) in [7, 11) is 5.85. The minimum Gasteiger partial charge on any atom is -1.00 e. The first kappa shape index (κ1) is 15.9. The molecule has 83 valence electrons. The van der Waals surface area contributed by atoms with Crippen molar-refractivity contribution >= 4 is 5.97 Å². The lowest BCUT2D eigenvalue weighted by Gasteiger charge is -2.08. The van der Waals surface area contributed by atoms with Crippen LogP contribution in [0.4, 0.5) is 0 Å². The summed E-state index contributed by atoms with van der Waals surface area (Å²) in [5, 5.41) is 0.756. The number of carbonyl (C=O) groups excluding carboxylic acids is 1. The van der Waals surface area contributed by atoms with Gasteiger partial charge in [-0.1, -0.05) is 16.5 Å². The van der Waals surface area contributed by atoms with E-state index >= 15 is 0 Å². The lowest BCUT2D eigenvalue weighted by atomic mass is 10.4. The van der Waals surface area contributed by atoms with Gasteiger partial charge >= 0.3 is 5.97 Å². The second kappa shape index (κ2) is 8.99. The molecule has 4 nitrogen and oxygen atoms in total. The molecule has 0 fully saturated rings. The fraction of sp³-hybridized carbons (Fsp3) is 0.667. The molecule has 0 saturated carbocycles. The van der Waals surface area contributed by atoms with Crippen LogP contribution in [0.15, 0.2) is 12.7 Å². The van der Waals surface area contributed by atoms with E-state index in [1.807, 2.05) is 21.1 Å². The van der Waals surface area contributed by atoms with Crippen molar-refractivity contribution in [2.24, 2.45) is 0 Å². The van der Waals surface area contributed by atoms with Gasteiger partial charge in [-0.25, -0.2) is 0 Å². The van der Waals surface area contributed by atoms with Crippen LogP contribution in [0.2, 0.25) is 0 Å². The molecule has 5 heteroatoms. The maximum Gasteiger partial charge on any atom is 0.662 e. The van der Waals surface area contributed by atoms with E-state index in [0.717, 1.165) is 24.6 Å². The predicted molar refractivity (Wildman–Crippen MR) is 51.2 cm³/mol. The maximum atomic E-state index is 10.7. The Labute approximate surface area is 91.9 Å². The van der Waals surface area contributed by atoms with Crippen LogP contribution < -0.4 is 17.5 Å². The lowest BCUT2D eigenvalue weighted by molar-refractivity contribution is -1.06.